The summed E-state index contributed by atoms with van der Waals surface area (Å²) in [6.45, 7) is 2.81. The number of alkyl halides is 1. The molecular formula is C12H17ClN2O. The lowest BCUT2D eigenvalue weighted by Crippen LogP contribution is -2.24. The first-order chi connectivity index (χ1) is 7.74. The Morgan fingerprint density at radius 1 is 1.50 bits per heavy atom. The molecule has 1 unspecified atom stereocenters. The molecule has 0 saturated carbocycles. The molecule has 1 heterocycles. The van der Waals surface area contributed by atoms with Gasteiger partial charge in [-0.25, -0.2) is 0 Å². The van der Waals surface area contributed by atoms with Crippen LogP contribution in [0, 0.1) is 5.92 Å². The van der Waals surface area contributed by atoms with Crippen molar-refractivity contribution in [2.75, 3.05) is 12.4 Å². The van der Waals surface area contributed by atoms with Gasteiger partial charge in [0.2, 0.25) is 0 Å². The topological polar surface area (TPSA) is 42.0 Å². The normalized spacial score (nSPS) is 12.1. The minimum absolute atomic E-state index is 0.0408. The van der Waals surface area contributed by atoms with Crippen LogP contribution in [-0.2, 0) is 0 Å². The largest absolute Gasteiger partial charge is 0.352 e. The van der Waals surface area contributed by atoms with Gasteiger partial charge in [0.1, 0.15) is 0 Å². The van der Waals surface area contributed by atoms with Crippen molar-refractivity contribution in [1.82, 2.24) is 10.3 Å². The van der Waals surface area contributed by atoms with Crippen LogP contribution in [0.4, 0.5) is 0 Å². The van der Waals surface area contributed by atoms with Gasteiger partial charge in [-0.3, -0.25) is 9.78 Å². The van der Waals surface area contributed by atoms with Crippen molar-refractivity contribution in [1.29, 1.82) is 0 Å². The number of pyridine rings is 1. The number of carbonyl (C=O) groups is 1. The van der Waals surface area contributed by atoms with Crippen LogP contribution in [-0.4, -0.2) is 23.3 Å². The Bertz CT molecular complexity index is 316. The van der Waals surface area contributed by atoms with E-state index < -0.39 is 0 Å². The third-order valence-electron chi connectivity index (χ3n) is 2.37. The predicted molar refractivity (Wildman–Crippen MR) is 65.7 cm³/mol. The van der Waals surface area contributed by atoms with E-state index in [0.717, 1.165) is 12.8 Å². The summed E-state index contributed by atoms with van der Waals surface area (Å²) in [6.07, 6.45) is 5.24. The van der Waals surface area contributed by atoms with Gasteiger partial charge >= 0.3 is 0 Å². The van der Waals surface area contributed by atoms with Gasteiger partial charge in [-0.05, 0) is 30.9 Å². The van der Waals surface area contributed by atoms with Crippen LogP contribution >= 0.6 is 11.6 Å². The fourth-order valence-electron chi connectivity index (χ4n) is 1.33. The van der Waals surface area contributed by atoms with E-state index in [0.29, 0.717) is 23.9 Å². The minimum Gasteiger partial charge on any atom is -0.352 e. The Hall–Kier alpha value is -1.09. The second-order valence-corrected chi connectivity index (χ2v) is 4.20. The second-order valence-electron chi connectivity index (χ2n) is 3.89. The molecule has 1 atom stereocenters. The summed E-state index contributed by atoms with van der Waals surface area (Å²) in [4.78, 5) is 15.5. The van der Waals surface area contributed by atoms with E-state index in [4.69, 9.17) is 11.6 Å². The summed E-state index contributed by atoms with van der Waals surface area (Å²) in [6, 6.07) is 3.41. The molecule has 3 nitrogen and oxygen atoms in total. The molecule has 1 rings (SSSR count). The van der Waals surface area contributed by atoms with E-state index in [1.807, 2.05) is 0 Å². The van der Waals surface area contributed by atoms with Gasteiger partial charge in [0.25, 0.3) is 5.91 Å². The lowest BCUT2D eigenvalue weighted by atomic mass is 10.1. The smallest absolute Gasteiger partial charge is 0.251 e. The lowest BCUT2D eigenvalue weighted by Gasteiger charge is -2.08. The molecule has 0 spiro atoms. The van der Waals surface area contributed by atoms with Crippen LogP contribution in [0.5, 0.6) is 0 Å². The molecule has 0 bridgehead atoms. The molecule has 0 aromatic carbocycles. The van der Waals surface area contributed by atoms with Gasteiger partial charge in [-0.1, -0.05) is 6.92 Å². The molecule has 0 fully saturated rings. The summed E-state index contributed by atoms with van der Waals surface area (Å²) in [5, 5.41) is 2.87. The molecule has 4 heteroatoms. The molecule has 0 aliphatic heterocycles. The standard InChI is InChI=1S/C12H17ClN2O/c1-10(9-13)3-2-6-15-12(16)11-4-7-14-8-5-11/h4-5,7-8,10H,2-3,6,9H2,1H3,(H,15,16). The Balaban J connectivity index is 2.21. The highest BCUT2D eigenvalue weighted by atomic mass is 35.5. The highest BCUT2D eigenvalue weighted by Crippen LogP contribution is 2.06. The first-order valence-corrected chi connectivity index (χ1v) is 6.01. The van der Waals surface area contributed by atoms with Crippen molar-refractivity contribution in [2.45, 2.75) is 19.8 Å². The van der Waals surface area contributed by atoms with E-state index in [2.05, 4.69) is 17.2 Å². The number of rotatable bonds is 6. The van der Waals surface area contributed by atoms with E-state index in [1.165, 1.54) is 0 Å². The van der Waals surface area contributed by atoms with Gasteiger partial charge in [0.15, 0.2) is 0 Å². The first-order valence-electron chi connectivity index (χ1n) is 5.48. The molecule has 16 heavy (non-hydrogen) atoms. The average molecular weight is 241 g/mol. The molecule has 1 amide bonds. The molecule has 1 aromatic rings. The van der Waals surface area contributed by atoms with Crippen LogP contribution in [0.1, 0.15) is 30.1 Å². The fourth-order valence-corrected chi connectivity index (χ4v) is 1.49. The summed E-state index contributed by atoms with van der Waals surface area (Å²) in [5.74, 6) is 1.15. The number of carbonyl (C=O) groups excluding carboxylic acids is 1. The average Bonchev–Trinajstić information content (AvgIpc) is 2.35. The quantitative estimate of drug-likeness (QED) is 0.613. The zero-order valence-electron chi connectivity index (χ0n) is 9.45. The van der Waals surface area contributed by atoms with E-state index in [-0.39, 0.29) is 5.91 Å². The molecule has 88 valence electrons. The van der Waals surface area contributed by atoms with Gasteiger partial charge in [-0.15, -0.1) is 11.6 Å². The van der Waals surface area contributed by atoms with Crippen molar-refractivity contribution < 1.29 is 4.79 Å². The van der Waals surface area contributed by atoms with Crippen LogP contribution in [0.15, 0.2) is 24.5 Å². The van der Waals surface area contributed by atoms with Crippen molar-refractivity contribution in [2.24, 2.45) is 5.92 Å². The van der Waals surface area contributed by atoms with E-state index in [9.17, 15) is 4.79 Å². The lowest BCUT2D eigenvalue weighted by molar-refractivity contribution is 0.0952. The minimum atomic E-state index is -0.0408. The Morgan fingerprint density at radius 2 is 2.19 bits per heavy atom. The molecule has 1 aromatic heterocycles. The summed E-state index contributed by atoms with van der Waals surface area (Å²) >= 11 is 5.70. The molecule has 0 aliphatic rings. The monoisotopic (exact) mass is 240 g/mol. The van der Waals surface area contributed by atoms with Crippen LogP contribution < -0.4 is 5.32 Å². The predicted octanol–water partition coefficient (Wildman–Crippen LogP) is 2.47. The third-order valence-corrected chi connectivity index (χ3v) is 2.89. The van der Waals surface area contributed by atoms with Gasteiger partial charge < -0.3 is 5.32 Å². The van der Waals surface area contributed by atoms with Crippen molar-refractivity contribution >= 4 is 17.5 Å². The number of amides is 1. The SMILES string of the molecule is CC(CCl)CCCNC(=O)c1ccncc1. The molecule has 0 saturated heterocycles. The Kier molecular flexibility index (Phi) is 5.86. The number of hydrogen-bond acceptors (Lipinski definition) is 2. The first kappa shape index (κ1) is 13.0. The van der Waals surface area contributed by atoms with Crippen molar-refractivity contribution in [3.63, 3.8) is 0 Å². The fraction of sp³-hybridized carbons (Fsp3) is 0.500. The van der Waals surface area contributed by atoms with Gasteiger partial charge in [0.05, 0.1) is 0 Å². The molecule has 0 aliphatic carbocycles. The Labute approximate surface area is 101 Å². The van der Waals surface area contributed by atoms with Crippen LogP contribution in [0.3, 0.4) is 0 Å². The van der Waals surface area contributed by atoms with Crippen molar-refractivity contribution in [3.05, 3.63) is 30.1 Å². The number of hydrogen-bond donors (Lipinski definition) is 1. The zero-order valence-corrected chi connectivity index (χ0v) is 10.2. The van der Waals surface area contributed by atoms with Gasteiger partial charge in [-0.2, -0.15) is 0 Å². The number of nitrogens with one attached hydrogen (secondary N) is 1. The van der Waals surface area contributed by atoms with E-state index >= 15 is 0 Å². The highest BCUT2D eigenvalue weighted by Gasteiger charge is 2.04. The summed E-state index contributed by atoms with van der Waals surface area (Å²) in [7, 11) is 0. The van der Waals surface area contributed by atoms with Crippen LogP contribution in [0.2, 0.25) is 0 Å². The van der Waals surface area contributed by atoms with Crippen molar-refractivity contribution in [3.8, 4) is 0 Å². The summed E-state index contributed by atoms with van der Waals surface area (Å²) in [5.41, 5.74) is 0.653. The molecule has 1 N–H and O–H groups in total. The number of halogens is 1. The molecular weight excluding hydrogens is 224 g/mol. The van der Waals surface area contributed by atoms with Crippen LogP contribution in [0.25, 0.3) is 0 Å². The maximum absolute atomic E-state index is 11.6. The Morgan fingerprint density at radius 3 is 2.81 bits per heavy atom. The molecule has 0 radical (unpaired) electrons. The highest BCUT2D eigenvalue weighted by molar-refractivity contribution is 6.18. The summed E-state index contributed by atoms with van der Waals surface area (Å²) < 4.78 is 0. The number of nitrogens with zero attached hydrogens (tertiary/aromatic N) is 1. The maximum Gasteiger partial charge on any atom is 0.251 e. The second kappa shape index (κ2) is 7.23. The van der Waals surface area contributed by atoms with E-state index in [1.54, 1.807) is 24.5 Å². The zero-order chi connectivity index (χ0) is 11.8. The van der Waals surface area contributed by atoms with Gasteiger partial charge in [0, 0.05) is 30.4 Å². The number of aromatic nitrogens is 1. The third kappa shape index (κ3) is 4.62. The maximum atomic E-state index is 11.6.